The monoisotopic (exact) mass is 272 g/mol. The summed E-state index contributed by atoms with van der Waals surface area (Å²) in [6.07, 6.45) is 2.26. The second-order valence-electron chi connectivity index (χ2n) is 3.86. The molecule has 0 aliphatic heterocycles. The number of hydrogen-bond acceptors (Lipinski definition) is 1. The minimum Gasteiger partial charge on any atom is -0.361 e. The molecule has 0 radical (unpaired) electrons. The molecule has 1 aromatic carbocycles. The van der Waals surface area contributed by atoms with Gasteiger partial charge in [0.05, 0.1) is 0 Å². The van der Waals surface area contributed by atoms with Gasteiger partial charge in [-0.25, -0.2) is 0 Å². The average Bonchev–Trinajstić information content (AvgIpc) is 2.71. The topological polar surface area (TPSA) is 44.9 Å². The van der Waals surface area contributed by atoms with Crippen LogP contribution in [0.1, 0.15) is 5.56 Å². The Hall–Kier alpha value is -1.62. The van der Waals surface area contributed by atoms with Crippen molar-refractivity contribution in [1.29, 1.82) is 0 Å². The van der Waals surface area contributed by atoms with E-state index in [0.717, 1.165) is 16.5 Å². The van der Waals surface area contributed by atoms with Gasteiger partial charge in [-0.3, -0.25) is 4.79 Å². The normalized spacial score (nSPS) is 11.7. The molecule has 0 fully saturated rings. The molecule has 2 N–H and O–H groups in total. The molecule has 96 valence electrons. The van der Waals surface area contributed by atoms with E-state index in [0.29, 0.717) is 6.42 Å². The number of benzene rings is 1. The molecule has 0 atom stereocenters. The van der Waals surface area contributed by atoms with Gasteiger partial charge in [0.15, 0.2) is 0 Å². The standard InChI is InChI=1S/C12H11ClF2N2O/c13-12(14,15)11(18)16-6-5-8-7-17-10-4-2-1-3-9(8)10/h1-4,7,17H,5-6H2,(H,16,18). The number of H-pyrrole nitrogens is 1. The van der Waals surface area contributed by atoms with E-state index < -0.39 is 11.3 Å². The van der Waals surface area contributed by atoms with Gasteiger partial charge >= 0.3 is 11.3 Å². The van der Waals surface area contributed by atoms with Crippen LogP contribution in [0.15, 0.2) is 30.5 Å². The van der Waals surface area contributed by atoms with E-state index in [9.17, 15) is 13.6 Å². The predicted molar refractivity (Wildman–Crippen MR) is 65.8 cm³/mol. The van der Waals surface area contributed by atoms with Crippen LogP contribution in [-0.4, -0.2) is 22.8 Å². The summed E-state index contributed by atoms with van der Waals surface area (Å²) >= 11 is 4.59. The van der Waals surface area contributed by atoms with Crippen molar-refractivity contribution in [2.24, 2.45) is 0 Å². The lowest BCUT2D eigenvalue weighted by Gasteiger charge is -2.08. The van der Waals surface area contributed by atoms with E-state index in [1.807, 2.05) is 24.3 Å². The smallest absolute Gasteiger partial charge is 0.361 e. The number of aromatic nitrogens is 1. The number of carbonyl (C=O) groups excluding carboxylic acids is 1. The Morgan fingerprint density at radius 3 is 2.83 bits per heavy atom. The minimum atomic E-state index is -3.85. The van der Waals surface area contributed by atoms with Crippen LogP contribution in [0.2, 0.25) is 0 Å². The molecule has 0 saturated carbocycles. The predicted octanol–water partition coefficient (Wildman–Crippen LogP) is 2.66. The highest BCUT2D eigenvalue weighted by atomic mass is 35.5. The summed E-state index contributed by atoms with van der Waals surface area (Å²) in [7, 11) is 0. The van der Waals surface area contributed by atoms with Crippen LogP contribution in [0.25, 0.3) is 10.9 Å². The average molecular weight is 273 g/mol. The molecule has 2 aromatic rings. The Labute approximate surface area is 107 Å². The third-order valence-electron chi connectivity index (χ3n) is 2.61. The van der Waals surface area contributed by atoms with Crippen LogP contribution >= 0.6 is 11.6 Å². The van der Waals surface area contributed by atoms with Gasteiger partial charge in [-0.15, -0.1) is 0 Å². The number of hydrogen-bond donors (Lipinski definition) is 2. The lowest BCUT2D eigenvalue weighted by molar-refractivity contribution is -0.135. The molecule has 0 aliphatic carbocycles. The molecule has 0 aliphatic rings. The fourth-order valence-electron chi connectivity index (χ4n) is 1.75. The Bertz CT molecular complexity index is 562. The summed E-state index contributed by atoms with van der Waals surface area (Å²) < 4.78 is 24.8. The van der Waals surface area contributed by atoms with Crippen molar-refractivity contribution in [3.8, 4) is 0 Å². The third kappa shape index (κ3) is 2.79. The van der Waals surface area contributed by atoms with Crippen LogP contribution in [-0.2, 0) is 11.2 Å². The van der Waals surface area contributed by atoms with E-state index >= 15 is 0 Å². The summed E-state index contributed by atoms with van der Waals surface area (Å²) in [5.41, 5.74) is 1.94. The van der Waals surface area contributed by atoms with Crippen LogP contribution in [0.4, 0.5) is 8.78 Å². The van der Waals surface area contributed by atoms with Gasteiger partial charge in [-0.2, -0.15) is 8.78 Å². The van der Waals surface area contributed by atoms with Crippen LogP contribution in [0.3, 0.4) is 0 Å². The molecule has 3 nitrogen and oxygen atoms in total. The molecule has 6 heteroatoms. The maximum atomic E-state index is 12.4. The Morgan fingerprint density at radius 1 is 1.39 bits per heavy atom. The first-order valence-corrected chi connectivity index (χ1v) is 5.76. The van der Waals surface area contributed by atoms with Crippen molar-refractivity contribution < 1.29 is 13.6 Å². The first-order chi connectivity index (χ1) is 8.48. The number of nitrogens with one attached hydrogen (secondary N) is 2. The van der Waals surface area contributed by atoms with Crippen molar-refractivity contribution in [2.75, 3.05) is 6.54 Å². The molecule has 1 aromatic heterocycles. The molecule has 0 bridgehead atoms. The zero-order valence-electron chi connectivity index (χ0n) is 9.34. The number of fused-ring (bicyclic) bond motifs is 1. The SMILES string of the molecule is O=C(NCCc1c[nH]c2ccccc12)C(F)(F)Cl. The summed E-state index contributed by atoms with van der Waals surface area (Å²) in [6, 6.07) is 7.65. The van der Waals surface area contributed by atoms with Crippen LogP contribution < -0.4 is 5.32 Å². The van der Waals surface area contributed by atoms with Crippen LogP contribution in [0, 0.1) is 0 Å². The van der Waals surface area contributed by atoms with Gasteiger partial charge in [0, 0.05) is 23.6 Å². The molecule has 0 spiro atoms. The second-order valence-corrected chi connectivity index (χ2v) is 4.34. The van der Waals surface area contributed by atoms with E-state index in [2.05, 4.69) is 21.9 Å². The molecular weight excluding hydrogens is 262 g/mol. The molecule has 2 rings (SSSR count). The molecule has 0 unspecified atom stereocenters. The van der Waals surface area contributed by atoms with Crippen molar-refractivity contribution in [3.63, 3.8) is 0 Å². The van der Waals surface area contributed by atoms with E-state index in [4.69, 9.17) is 0 Å². The van der Waals surface area contributed by atoms with E-state index in [-0.39, 0.29) is 6.54 Å². The first-order valence-electron chi connectivity index (χ1n) is 5.38. The lowest BCUT2D eigenvalue weighted by atomic mass is 10.1. The maximum Gasteiger partial charge on any atom is 0.399 e. The molecule has 1 heterocycles. The molecule has 18 heavy (non-hydrogen) atoms. The summed E-state index contributed by atoms with van der Waals surface area (Å²) in [5.74, 6) is -1.47. The van der Waals surface area contributed by atoms with Crippen molar-refractivity contribution in [1.82, 2.24) is 10.3 Å². The lowest BCUT2D eigenvalue weighted by Crippen LogP contribution is -2.37. The number of amides is 1. The second kappa shape index (κ2) is 4.94. The third-order valence-corrected chi connectivity index (χ3v) is 2.78. The Balaban J connectivity index is 1.97. The van der Waals surface area contributed by atoms with Crippen molar-refractivity contribution >= 4 is 28.4 Å². The van der Waals surface area contributed by atoms with Gasteiger partial charge in [0.2, 0.25) is 0 Å². The summed E-state index contributed by atoms with van der Waals surface area (Å²) in [5, 5.41) is -0.738. The van der Waals surface area contributed by atoms with Crippen molar-refractivity contribution in [2.45, 2.75) is 11.8 Å². The fraction of sp³-hybridized carbons (Fsp3) is 0.250. The Kier molecular flexibility index (Phi) is 3.52. The zero-order chi connectivity index (χ0) is 13.2. The number of rotatable bonds is 4. The summed E-state index contributed by atoms with van der Waals surface area (Å²) in [4.78, 5) is 13.9. The van der Waals surface area contributed by atoms with Gasteiger partial charge in [0.1, 0.15) is 0 Å². The highest BCUT2D eigenvalue weighted by molar-refractivity contribution is 6.32. The minimum absolute atomic E-state index is 0.114. The quantitative estimate of drug-likeness (QED) is 0.826. The van der Waals surface area contributed by atoms with E-state index in [1.54, 1.807) is 6.20 Å². The number of alkyl halides is 3. The molecular formula is C12H11ClF2N2O. The van der Waals surface area contributed by atoms with Gasteiger partial charge in [-0.1, -0.05) is 18.2 Å². The number of aromatic amines is 1. The van der Waals surface area contributed by atoms with Gasteiger partial charge in [-0.05, 0) is 29.7 Å². The largest absolute Gasteiger partial charge is 0.399 e. The van der Waals surface area contributed by atoms with Gasteiger partial charge < -0.3 is 10.3 Å². The molecule has 1 amide bonds. The highest BCUT2D eigenvalue weighted by Gasteiger charge is 2.35. The van der Waals surface area contributed by atoms with E-state index in [1.165, 1.54) is 0 Å². The molecule has 0 saturated heterocycles. The zero-order valence-corrected chi connectivity index (χ0v) is 10.1. The fourth-order valence-corrected chi connectivity index (χ4v) is 1.82. The van der Waals surface area contributed by atoms with Crippen molar-refractivity contribution in [3.05, 3.63) is 36.0 Å². The number of para-hydroxylation sites is 1. The van der Waals surface area contributed by atoms with Gasteiger partial charge in [0.25, 0.3) is 0 Å². The Morgan fingerprint density at radius 2 is 2.11 bits per heavy atom. The first kappa shape index (κ1) is 12.8. The number of carbonyl (C=O) groups is 1. The highest BCUT2D eigenvalue weighted by Crippen LogP contribution is 2.19. The maximum absolute atomic E-state index is 12.4. The number of halogens is 3. The van der Waals surface area contributed by atoms with Crippen LogP contribution in [0.5, 0.6) is 0 Å². The summed E-state index contributed by atoms with van der Waals surface area (Å²) in [6.45, 7) is 0.114.